The Morgan fingerprint density at radius 3 is 2.87 bits per heavy atom. The van der Waals surface area contributed by atoms with E-state index in [0.717, 1.165) is 72.3 Å². The van der Waals surface area contributed by atoms with Crippen molar-refractivity contribution in [2.24, 2.45) is 7.05 Å². The summed E-state index contributed by atoms with van der Waals surface area (Å²) in [6.45, 7) is 0. The molecule has 0 saturated heterocycles. The first-order valence-electron chi connectivity index (χ1n) is 10.6. The van der Waals surface area contributed by atoms with Gasteiger partial charge in [-0.25, -0.2) is 4.98 Å². The standard InChI is InChI=1S/C24H25N5O/c1-29-21-12-5-4-11-20(21)26-22(29)14-13-16-7-6-8-17(15-16)25-24(30)23-18-9-2-3-10-19(18)27-28-23/h4-8,11-12,15H,2-3,9-10,13-14H2,1H3,(H,25,30)(H,27,28). The maximum atomic E-state index is 12.8. The molecule has 2 aromatic heterocycles. The molecule has 1 amide bonds. The van der Waals surface area contributed by atoms with E-state index in [9.17, 15) is 4.79 Å². The highest BCUT2D eigenvalue weighted by Gasteiger charge is 2.21. The van der Waals surface area contributed by atoms with Gasteiger partial charge in [-0.2, -0.15) is 5.10 Å². The van der Waals surface area contributed by atoms with E-state index in [0.29, 0.717) is 5.69 Å². The van der Waals surface area contributed by atoms with E-state index in [-0.39, 0.29) is 5.91 Å². The number of H-pyrrole nitrogens is 1. The number of hydrogen-bond donors (Lipinski definition) is 2. The normalized spacial score (nSPS) is 13.4. The molecule has 5 rings (SSSR count). The van der Waals surface area contributed by atoms with Gasteiger partial charge >= 0.3 is 0 Å². The Morgan fingerprint density at radius 2 is 1.97 bits per heavy atom. The third kappa shape index (κ3) is 3.49. The number of anilines is 1. The summed E-state index contributed by atoms with van der Waals surface area (Å²) >= 11 is 0. The lowest BCUT2D eigenvalue weighted by molar-refractivity contribution is 0.102. The Kier molecular flexibility index (Phi) is 4.83. The molecule has 1 aliphatic rings. The summed E-state index contributed by atoms with van der Waals surface area (Å²) in [4.78, 5) is 17.5. The van der Waals surface area contributed by atoms with E-state index < -0.39 is 0 Å². The first-order chi connectivity index (χ1) is 14.7. The summed E-state index contributed by atoms with van der Waals surface area (Å²) in [7, 11) is 2.06. The zero-order chi connectivity index (χ0) is 20.5. The quantitative estimate of drug-likeness (QED) is 0.528. The number of imidazole rings is 1. The van der Waals surface area contributed by atoms with Crippen LogP contribution >= 0.6 is 0 Å². The van der Waals surface area contributed by atoms with E-state index >= 15 is 0 Å². The molecule has 6 heteroatoms. The molecule has 1 aliphatic carbocycles. The van der Waals surface area contributed by atoms with Gasteiger partial charge in [0.25, 0.3) is 5.91 Å². The summed E-state index contributed by atoms with van der Waals surface area (Å²) < 4.78 is 2.15. The molecule has 0 spiro atoms. The Bertz CT molecular complexity index is 1220. The third-order valence-electron chi connectivity index (χ3n) is 5.97. The molecule has 0 radical (unpaired) electrons. The molecule has 0 saturated carbocycles. The van der Waals surface area contributed by atoms with Crippen LogP contribution in [0.25, 0.3) is 11.0 Å². The highest BCUT2D eigenvalue weighted by atomic mass is 16.1. The molecule has 0 aliphatic heterocycles. The number of carbonyl (C=O) groups excluding carboxylic acids is 1. The fraction of sp³-hybridized carbons (Fsp3) is 0.292. The number of carbonyl (C=O) groups is 1. The fourth-order valence-corrected chi connectivity index (χ4v) is 4.34. The highest BCUT2D eigenvalue weighted by molar-refractivity contribution is 6.04. The second kappa shape index (κ2) is 7.78. The molecule has 0 unspecified atom stereocenters. The number of nitrogens with zero attached hydrogens (tertiary/aromatic N) is 3. The van der Waals surface area contributed by atoms with Crippen molar-refractivity contribution in [3.8, 4) is 0 Å². The van der Waals surface area contributed by atoms with E-state index in [2.05, 4.69) is 39.3 Å². The summed E-state index contributed by atoms with van der Waals surface area (Å²) in [5.41, 5.74) is 6.88. The number of aryl methyl sites for hydroxylation is 4. The summed E-state index contributed by atoms with van der Waals surface area (Å²) in [6.07, 6.45) is 5.88. The molecule has 0 fully saturated rings. The molecule has 6 nitrogen and oxygen atoms in total. The molecule has 4 aromatic rings. The van der Waals surface area contributed by atoms with Crippen molar-refractivity contribution in [2.45, 2.75) is 38.5 Å². The van der Waals surface area contributed by atoms with Gasteiger partial charge in [0.05, 0.1) is 11.0 Å². The number of para-hydroxylation sites is 2. The number of aromatic amines is 1. The molecular weight excluding hydrogens is 374 g/mol. The van der Waals surface area contributed by atoms with Crippen LogP contribution in [0.2, 0.25) is 0 Å². The lowest BCUT2D eigenvalue weighted by Crippen LogP contribution is -2.15. The predicted octanol–water partition coefficient (Wildman–Crippen LogP) is 4.21. The smallest absolute Gasteiger partial charge is 0.276 e. The van der Waals surface area contributed by atoms with Crippen molar-refractivity contribution in [3.63, 3.8) is 0 Å². The maximum Gasteiger partial charge on any atom is 0.276 e. The van der Waals surface area contributed by atoms with Crippen LogP contribution in [0.15, 0.2) is 48.5 Å². The fourth-order valence-electron chi connectivity index (χ4n) is 4.34. The van der Waals surface area contributed by atoms with E-state index in [1.165, 1.54) is 5.56 Å². The summed E-state index contributed by atoms with van der Waals surface area (Å²) in [5, 5.41) is 10.3. The summed E-state index contributed by atoms with van der Waals surface area (Å²) in [6, 6.07) is 16.2. The minimum atomic E-state index is -0.137. The van der Waals surface area contributed by atoms with Gasteiger partial charge < -0.3 is 9.88 Å². The number of rotatable bonds is 5. The Morgan fingerprint density at radius 1 is 1.10 bits per heavy atom. The number of benzene rings is 2. The minimum absolute atomic E-state index is 0.137. The van der Waals surface area contributed by atoms with Crippen LogP contribution in [-0.2, 0) is 32.7 Å². The number of hydrogen-bond acceptors (Lipinski definition) is 3. The molecule has 0 bridgehead atoms. The molecule has 0 atom stereocenters. The molecule has 30 heavy (non-hydrogen) atoms. The zero-order valence-corrected chi connectivity index (χ0v) is 17.1. The molecule has 152 valence electrons. The van der Waals surface area contributed by atoms with Gasteiger partial charge in [-0.05, 0) is 61.9 Å². The molecule has 2 N–H and O–H groups in total. The molecule has 2 heterocycles. The largest absolute Gasteiger partial charge is 0.331 e. The highest BCUT2D eigenvalue weighted by Crippen LogP contribution is 2.23. The topological polar surface area (TPSA) is 75.6 Å². The number of aromatic nitrogens is 4. The van der Waals surface area contributed by atoms with Crippen molar-refractivity contribution in [1.82, 2.24) is 19.7 Å². The van der Waals surface area contributed by atoms with Crippen molar-refractivity contribution >= 4 is 22.6 Å². The van der Waals surface area contributed by atoms with Crippen molar-refractivity contribution in [2.75, 3.05) is 5.32 Å². The lowest BCUT2D eigenvalue weighted by atomic mass is 9.96. The van der Waals surface area contributed by atoms with Crippen molar-refractivity contribution < 1.29 is 4.79 Å². The second-order valence-corrected chi connectivity index (χ2v) is 7.97. The third-order valence-corrected chi connectivity index (χ3v) is 5.97. The Balaban J connectivity index is 1.29. The van der Waals surface area contributed by atoms with Gasteiger partial charge in [-0.3, -0.25) is 9.89 Å². The van der Waals surface area contributed by atoms with Crippen LogP contribution in [0.3, 0.4) is 0 Å². The number of amides is 1. The number of fused-ring (bicyclic) bond motifs is 2. The molecular formula is C24H25N5O. The first kappa shape index (κ1) is 18.6. The zero-order valence-electron chi connectivity index (χ0n) is 17.1. The van der Waals surface area contributed by atoms with Crippen LogP contribution in [-0.4, -0.2) is 25.7 Å². The van der Waals surface area contributed by atoms with Crippen LogP contribution in [0.5, 0.6) is 0 Å². The van der Waals surface area contributed by atoms with E-state index in [1.54, 1.807) is 0 Å². The first-order valence-corrected chi connectivity index (χ1v) is 10.6. The maximum absolute atomic E-state index is 12.8. The average Bonchev–Trinajstić information content (AvgIpc) is 3.34. The lowest BCUT2D eigenvalue weighted by Gasteiger charge is -2.11. The Hall–Kier alpha value is -3.41. The van der Waals surface area contributed by atoms with Crippen LogP contribution in [0.4, 0.5) is 5.69 Å². The van der Waals surface area contributed by atoms with Gasteiger partial charge in [0.1, 0.15) is 5.82 Å². The average molecular weight is 399 g/mol. The van der Waals surface area contributed by atoms with Gasteiger partial charge in [-0.15, -0.1) is 0 Å². The van der Waals surface area contributed by atoms with Crippen molar-refractivity contribution in [3.05, 3.63) is 76.9 Å². The molecule has 2 aromatic carbocycles. The van der Waals surface area contributed by atoms with E-state index in [4.69, 9.17) is 4.98 Å². The second-order valence-electron chi connectivity index (χ2n) is 7.97. The Labute approximate surface area is 175 Å². The van der Waals surface area contributed by atoms with Gasteiger partial charge in [-0.1, -0.05) is 24.3 Å². The van der Waals surface area contributed by atoms with Crippen LogP contribution in [0, 0.1) is 0 Å². The van der Waals surface area contributed by atoms with Crippen molar-refractivity contribution in [1.29, 1.82) is 0 Å². The monoisotopic (exact) mass is 399 g/mol. The van der Waals surface area contributed by atoms with Gasteiger partial charge in [0.15, 0.2) is 5.69 Å². The van der Waals surface area contributed by atoms with Gasteiger partial charge in [0.2, 0.25) is 0 Å². The van der Waals surface area contributed by atoms with Crippen LogP contribution in [0.1, 0.15) is 46.0 Å². The summed E-state index contributed by atoms with van der Waals surface area (Å²) in [5.74, 6) is 0.927. The van der Waals surface area contributed by atoms with Crippen LogP contribution < -0.4 is 5.32 Å². The minimum Gasteiger partial charge on any atom is -0.331 e. The SMILES string of the molecule is Cn1c(CCc2cccc(NC(=O)c3n[nH]c4c3CCCC4)c2)nc2ccccc21. The predicted molar refractivity (Wildman–Crippen MR) is 118 cm³/mol. The van der Waals surface area contributed by atoms with Gasteiger partial charge in [0, 0.05) is 30.4 Å². The number of nitrogens with one attached hydrogen (secondary N) is 2. The van der Waals surface area contributed by atoms with E-state index in [1.807, 2.05) is 36.4 Å².